The fourth-order valence-electron chi connectivity index (χ4n) is 7.66. The minimum absolute atomic E-state index is 0.0231. The number of fused-ring (bicyclic) bond motifs is 7. The van der Waals surface area contributed by atoms with Gasteiger partial charge in [0, 0.05) is 0 Å². The van der Waals surface area contributed by atoms with E-state index in [2.05, 4.69) is 144 Å². The summed E-state index contributed by atoms with van der Waals surface area (Å²) in [4.78, 5) is 14.2. The maximum absolute atomic E-state index is 14.2. The first-order valence-electron chi connectivity index (χ1n) is 14.5. The third-order valence-corrected chi connectivity index (χ3v) is 9.30. The van der Waals surface area contributed by atoms with Crippen molar-refractivity contribution in [3.63, 3.8) is 0 Å². The first-order chi connectivity index (χ1) is 20.8. The van der Waals surface area contributed by atoms with Crippen molar-refractivity contribution in [3.8, 4) is 16.8 Å². The molecule has 2 aliphatic heterocycles. The quantitative estimate of drug-likeness (QED) is 0.250. The number of aromatic nitrogens is 2. The van der Waals surface area contributed by atoms with Gasteiger partial charge in [-0.15, -0.1) is 0 Å². The Kier molecular flexibility index (Phi) is 4.77. The number of benzene rings is 6. The SMILES string of the molecule is O=c1c2ccc(-c3ccccc3)cc2n2n1-c1cccc3c1B2c1ccccc1C3(c1ccccc1)c1ccccc1. The van der Waals surface area contributed by atoms with Crippen LogP contribution < -0.4 is 16.5 Å². The van der Waals surface area contributed by atoms with Gasteiger partial charge in [0.05, 0.1) is 22.0 Å². The average molecular weight is 536 g/mol. The Bertz CT molecular complexity index is 2180. The summed E-state index contributed by atoms with van der Waals surface area (Å²) in [5.41, 5.74) is 11.0. The molecule has 1 aromatic heterocycles. The molecule has 3 heterocycles. The van der Waals surface area contributed by atoms with Gasteiger partial charge in [0.1, 0.15) is 0 Å². The maximum Gasteiger partial charge on any atom is 0.350 e. The van der Waals surface area contributed by atoms with E-state index >= 15 is 0 Å². The van der Waals surface area contributed by atoms with Crippen LogP contribution in [0.5, 0.6) is 0 Å². The standard InChI is InChI=1S/C38H25BN2O/c42-37-30-24-23-27(26-13-4-1-5-14-26)25-35(30)41-39-33-21-11-10-19-31(33)38(28-15-6-2-7-16-28,29-17-8-3-9-18-29)32-20-12-22-34(36(32)39)40(37)41/h1-25H. The van der Waals surface area contributed by atoms with Crippen molar-refractivity contribution in [2.45, 2.75) is 5.41 Å². The summed E-state index contributed by atoms with van der Waals surface area (Å²) in [6.45, 7) is -0.121. The monoisotopic (exact) mass is 536 g/mol. The highest BCUT2D eigenvalue weighted by Crippen LogP contribution is 2.47. The van der Waals surface area contributed by atoms with E-state index in [1.54, 1.807) is 0 Å². The summed E-state index contributed by atoms with van der Waals surface area (Å²) in [7, 11) is 0. The van der Waals surface area contributed by atoms with E-state index < -0.39 is 5.41 Å². The van der Waals surface area contributed by atoms with Gasteiger partial charge in [0.25, 0.3) is 5.56 Å². The predicted molar refractivity (Wildman–Crippen MR) is 172 cm³/mol. The summed E-state index contributed by atoms with van der Waals surface area (Å²) < 4.78 is 4.17. The van der Waals surface area contributed by atoms with Crippen molar-refractivity contribution in [2.75, 3.05) is 0 Å². The molecule has 0 unspecified atom stereocenters. The molecule has 0 N–H and O–H groups in total. The van der Waals surface area contributed by atoms with Gasteiger partial charge >= 0.3 is 6.85 Å². The molecule has 0 fully saturated rings. The Hall–Kier alpha value is -5.35. The van der Waals surface area contributed by atoms with Gasteiger partial charge in [-0.3, -0.25) is 4.79 Å². The Labute approximate surface area is 244 Å². The molecular formula is C38H25BN2O. The fraction of sp³-hybridized carbons (Fsp3) is 0.0263. The zero-order valence-corrected chi connectivity index (χ0v) is 22.8. The molecule has 0 aliphatic carbocycles. The minimum atomic E-state index is -0.528. The van der Waals surface area contributed by atoms with Crippen LogP contribution in [0, 0.1) is 0 Å². The molecule has 0 radical (unpaired) electrons. The average Bonchev–Trinajstić information content (AvgIpc) is 3.56. The van der Waals surface area contributed by atoms with E-state index in [1.807, 2.05) is 16.8 Å². The summed E-state index contributed by atoms with van der Waals surface area (Å²) in [5.74, 6) is 0. The Morgan fingerprint density at radius 2 is 1.17 bits per heavy atom. The van der Waals surface area contributed by atoms with Crippen molar-refractivity contribution < 1.29 is 0 Å². The lowest BCUT2D eigenvalue weighted by Crippen LogP contribution is -2.58. The molecule has 0 spiro atoms. The number of nitrogens with zero attached hydrogens (tertiary/aromatic N) is 2. The van der Waals surface area contributed by atoms with Crippen molar-refractivity contribution in [1.29, 1.82) is 0 Å². The second-order valence-corrected chi connectivity index (χ2v) is 11.3. The summed E-state index contributed by atoms with van der Waals surface area (Å²) in [6, 6.07) is 53.6. The number of hydrogen-bond donors (Lipinski definition) is 0. The summed E-state index contributed by atoms with van der Waals surface area (Å²) in [5, 5.41) is 0.742. The molecule has 0 amide bonds. The van der Waals surface area contributed by atoms with Gasteiger partial charge in [-0.25, -0.2) is 4.68 Å². The number of rotatable bonds is 3. The van der Waals surface area contributed by atoms with Crippen molar-refractivity contribution >= 4 is 28.7 Å². The first kappa shape index (κ1) is 23.4. The third kappa shape index (κ3) is 2.88. The van der Waals surface area contributed by atoms with Crippen molar-refractivity contribution in [3.05, 3.63) is 184 Å². The molecule has 4 heteroatoms. The molecule has 2 aliphatic rings. The van der Waals surface area contributed by atoms with E-state index in [0.29, 0.717) is 0 Å². The van der Waals surface area contributed by atoms with E-state index in [9.17, 15) is 4.79 Å². The van der Waals surface area contributed by atoms with Crippen LogP contribution in [0.15, 0.2) is 156 Å². The first-order valence-corrected chi connectivity index (χ1v) is 14.5. The predicted octanol–water partition coefficient (Wildman–Crippen LogP) is 6.12. The van der Waals surface area contributed by atoms with Crippen LogP contribution in [-0.2, 0) is 5.41 Å². The van der Waals surface area contributed by atoms with Gasteiger partial charge < -0.3 is 4.59 Å². The van der Waals surface area contributed by atoms with Gasteiger partial charge in [0.15, 0.2) is 0 Å². The van der Waals surface area contributed by atoms with Gasteiger partial charge in [-0.05, 0) is 62.5 Å². The van der Waals surface area contributed by atoms with Crippen LogP contribution in [0.1, 0.15) is 22.3 Å². The normalized spacial score (nSPS) is 14.0. The highest BCUT2D eigenvalue weighted by Gasteiger charge is 2.52. The Morgan fingerprint density at radius 3 is 1.88 bits per heavy atom. The number of hydrogen-bond acceptors (Lipinski definition) is 1. The second kappa shape index (κ2) is 8.58. The summed E-state index contributed by atoms with van der Waals surface area (Å²) >= 11 is 0. The zero-order valence-electron chi connectivity index (χ0n) is 22.8. The fourth-order valence-corrected chi connectivity index (χ4v) is 7.66. The maximum atomic E-state index is 14.2. The van der Waals surface area contributed by atoms with E-state index in [4.69, 9.17) is 0 Å². The van der Waals surface area contributed by atoms with Gasteiger partial charge in [-0.2, -0.15) is 0 Å². The highest BCUT2D eigenvalue weighted by molar-refractivity contribution is 6.87. The highest BCUT2D eigenvalue weighted by atomic mass is 16.1. The van der Waals surface area contributed by atoms with Crippen LogP contribution in [0.4, 0.5) is 0 Å². The van der Waals surface area contributed by atoms with E-state index in [0.717, 1.165) is 27.7 Å². The van der Waals surface area contributed by atoms with E-state index in [-0.39, 0.29) is 12.4 Å². The van der Waals surface area contributed by atoms with E-state index in [1.165, 1.54) is 33.2 Å². The summed E-state index contributed by atoms with van der Waals surface area (Å²) in [6.07, 6.45) is 0. The molecule has 0 atom stereocenters. The molecule has 3 nitrogen and oxygen atoms in total. The van der Waals surface area contributed by atoms with Gasteiger partial charge in [0.2, 0.25) is 0 Å². The molecular weight excluding hydrogens is 511 g/mol. The molecule has 0 saturated heterocycles. The molecule has 9 rings (SSSR count). The molecule has 7 aromatic rings. The molecule has 196 valence electrons. The van der Waals surface area contributed by atoms with Crippen molar-refractivity contribution in [2.24, 2.45) is 0 Å². The minimum Gasteiger partial charge on any atom is -0.310 e. The van der Waals surface area contributed by atoms with Gasteiger partial charge in [-0.1, -0.05) is 133 Å². The van der Waals surface area contributed by atoms with Crippen LogP contribution in [0.25, 0.3) is 27.7 Å². The lowest BCUT2D eigenvalue weighted by Gasteiger charge is -2.43. The topological polar surface area (TPSA) is 26.9 Å². The molecule has 0 bridgehead atoms. The van der Waals surface area contributed by atoms with Crippen LogP contribution in [0.3, 0.4) is 0 Å². The molecule has 0 saturated carbocycles. The lowest BCUT2D eigenvalue weighted by atomic mass is 9.40. The Balaban J connectivity index is 1.42. The Morgan fingerprint density at radius 1 is 0.548 bits per heavy atom. The molecule has 6 aromatic carbocycles. The van der Waals surface area contributed by atoms with Crippen molar-refractivity contribution in [1.82, 2.24) is 9.27 Å². The molecule has 42 heavy (non-hydrogen) atoms. The van der Waals surface area contributed by atoms with Crippen LogP contribution >= 0.6 is 0 Å². The second-order valence-electron chi connectivity index (χ2n) is 11.3. The van der Waals surface area contributed by atoms with Crippen LogP contribution in [0.2, 0.25) is 0 Å². The van der Waals surface area contributed by atoms with Crippen LogP contribution in [-0.4, -0.2) is 16.1 Å². The lowest BCUT2D eigenvalue weighted by molar-refractivity contribution is 0.751. The largest absolute Gasteiger partial charge is 0.350 e. The third-order valence-electron chi connectivity index (χ3n) is 9.30. The smallest absolute Gasteiger partial charge is 0.310 e. The zero-order chi connectivity index (χ0) is 27.8.